The van der Waals surface area contributed by atoms with Gasteiger partial charge in [0, 0.05) is 11.6 Å². The zero-order chi connectivity index (χ0) is 15.7. The van der Waals surface area contributed by atoms with E-state index in [0.29, 0.717) is 11.5 Å². The first-order valence-corrected chi connectivity index (χ1v) is 6.26. The first-order chi connectivity index (χ1) is 10.6. The molecule has 0 saturated carbocycles. The van der Waals surface area contributed by atoms with Gasteiger partial charge in [0.2, 0.25) is 0 Å². The molecule has 3 aromatic rings. The van der Waals surface area contributed by atoms with Crippen LogP contribution in [-0.2, 0) is 0 Å². The summed E-state index contributed by atoms with van der Waals surface area (Å²) in [7, 11) is 0. The van der Waals surface area contributed by atoms with Gasteiger partial charge in [-0.1, -0.05) is 0 Å². The number of aromatic amines is 1. The van der Waals surface area contributed by atoms with Crippen molar-refractivity contribution >= 4 is 16.7 Å². The molecule has 0 aliphatic rings. The lowest BCUT2D eigenvalue weighted by Gasteiger charge is -2.08. The summed E-state index contributed by atoms with van der Waals surface area (Å²) in [5.41, 5.74) is -1.16. The van der Waals surface area contributed by atoms with Crippen LogP contribution in [0.4, 0.5) is 0 Å². The molecule has 22 heavy (non-hydrogen) atoms. The Morgan fingerprint density at radius 2 is 2.00 bits per heavy atom. The van der Waals surface area contributed by atoms with E-state index in [1.807, 2.05) is 0 Å². The quantitative estimate of drug-likeness (QED) is 0.682. The number of nitrogens with one attached hydrogen (secondary N) is 1. The fourth-order valence-electron chi connectivity index (χ4n) is 2.05. The minimum Gasteiger partial charge on any atom is -0.505 e. The number of carboxylic acid groups (broad SMARTS) is 1. The second-order valence-electron chi connectivity index (χ2n) is 4.48. The predicted octanol–water partition coefficient (Wildman–Crippen LogP) is 2.12. The molecule has 0 aliphatic heterocycles. The van der Waals surface area contributed by atoms with E-state index in [1.165, 1.54) is 18.3 Å². The zero-order valence-corrected chi connectivity index (χ0v) is 11.1. The molecule has 0 aliphatic carbocycles. The van der Waals surface area contributed by atoms with Crippen LogP contribution in [0.2, 0.25) is 0 Å². The number of carbonyl (C=O) groups is 1. The van der Waals surface area contributed by atoms with Crippen molar-refractivity contribution < 1.29 is 19.7 Å². The highest BCUT2D eigenvalue weighted by atomic mass is 16.5. The SMILES string of the molecule is O=C(O)c1[nH]c(=O)c2ccc(Oc3cccnc3)cc2c1O. The number of fused-ring (bicyclic) bond motifs is 1. The number of aromatic nitrogens is 2. The number of carboxylic acids is 1. The smallest absolute Gasteiger partial charge is 0.356 e. The number of aromatic carboxylic acids is 1. The van der Waals surface area contributed by atoms with E-state index in [-0.39, 0.29) is 10.8 Å². The standard InChI is InChI=1S/C15H10N2O5/c18-13-11-6-8(22-9-2-1-5-16-7-9)3-4-10(11)14(19)17-12(13)15(20)21/h1-7,18H,(H,17,19)(H,20,21). The fraction of sp³-hybridized carbons (Fsp3) is 0. The summed E-state index contributed by atoms with van der Waals surface area (Å²) >= 11 is 0. The first-order valence-electron chi connectivity index (χ1n) is 6.26. The predicted molar refractivity (Wildman–Crippen MR) is 77.5 cm³/mol. The molecule has 7 heteroatoms. The monoisotopic (exact) mass is 298 g/mol. The zero-order valence-electron chi connectivity index (χ0n) is 11.1. The Labute approximate surface area is 123 Å². The summed E-state index contributed by atoms with van der Waals surface area (Å²) in [6.07, 6.45) is 3.10. The number of hydrogen-bond donors (Lipinski definition) is 3. The van der Waals surface area contributed by atoms with Crippen molar-refractivity contribution in [3.63, 3.8) is 0 Å². The summed E-state index contributed by atoms with van der Waals surface area (Å²) in [5.74, 6) is -1.11. The highest BCUT2D eigenvalue weighted by Crippen LogP contribution is 2.30. The molecule has 0 radical (unpaired) electrons. The van der Waals surface area contributed by atoms with Crippen LogP contribution in [0.5, 0.6) is 17.2 Å². The van der Waals surface area contributed by atoms with Crippen molar-refractivity contribution in [3.8, 4) is 17.2 Å². The minimum atomic E-state index is -1.42. The van der Waals surface area contributed by atoms with E-state index < -0.39 is 23.0 Å². The molecule has 110 valence electrons. The van der Waals surface area contributed by atoms with E-state index in [9.17, 15) is 14.7 Å². The average Bonchev–Trinajstić information content (AvgIpc) is 2.51. The first kappa shape index (κ1) is 13.6. The van der Waals surface area contributed by atoms with E-state index >= 15 is 0 Å². The van der Waals surface area contributed by atoms with Gasteiger partial charge in [0.1, 0.15) is 11.5 Å². The maximum Gasteiger partial charge on any atom is 0.356 e. The van der Waals surface area contributed by atoms with Crippen molar-refractivity contribution in [2.75, 3.05) is 0 Å². The van der Waals surface area contributed by atoms with Gasteiger partial charge in [0.25, 0.3) is 5.56 Å². The van der Waals surface area contributed by atoms with Gasteiger partial charge >= 0.3 is 5.97 Å². The van der Waals surface area contributed by atoms with Gasteiger partial charge < -0.3 is 19.9 Å². The summed E-state index contributed by atoms with van der Waals surface area (Å²) in [6.45, 7) is 0. The van der Waals surface area contributed by atoms with E-state index in [1.54, 1.807) is 24.4 Å². The van der Waals surface area contributed by atoms with Gasteiger partial charge in [-0.05, 0) is 30.3 Å². The normalized spacial score (nSPS) is 10.5. The Morgan fingerprint density at radius 3 is 2.68 bits per heavy atom. The molecule has 0 saturated heterocycles. The van der Waals surface area contributed by atoms with Gasteiger partial charge in [-0.3, -0.25) is 9.78 Å². The molecule has 0 unspecified atom stereocenters. The summed E-state index contributed by atoms with van der Waals surface area (Å²) < 4.78 is 5.55. The Hall–Kier alpha value is -3.35. The number of aromatic hydroxyl groups is 1. The fourth-order valence-corrected chi connectivity index (χ4v) is 2.05. The van der Waals surface area contributed by atoms with Gasteiger partial charge in [-0.15, -0.1) is 0 Å². The molecule has 0 atom stereocenters. The van der Waals surface area contributed by atoms with E-state index in [0.717, 1.165) is 0 Å². The summed E-state index contributed by atoms with van der Waals surface area (Å²) in [5, 5.41) is 19.3. The largest absolute Gasteiger partial charge is 0.505 e. The van der Waals surface area contributed by atoms with Crippen LogP contribution in [-0.4, -0.2) is 26.2 Å². The minimum absolute atomic E-state index is 0.0996. The molecule has 0 bridgehead atoms. The third kappa shape index (κ3) is 2.35. The van der Waals surface area contributed by atoms with Crippen LogP contribution < -0.4 is 10.3 Å². The molecule has 7 nitrogen and oxygen atoms in total. The van der Waals surface area contributed by atoms with Crippen molar-refractivity contribution in [3.05, 3.63) is 58.8 Å². The maximum absolute atomic E-state index is 11.8. The second-order valence-corrected chi connectivity index (χ2v) is 4.48. The van der Waals surface area contributed by atoms with Gasteiger partial charge in [0.15, 0.2) is 11.4 Å². The molecule has 2 aromatic heterocycles. The highest BCUT2D eigenvalue weighted by molar-refractivity contribution is 5.98. The Kier molecular flexibility index (Phi) is 3.23. The molecular formula is C15H10N2O5. The molecule has 3 N–H and O–H groups in total. The number of pyridine rings is 2. The Bertz CT molecular complexity index is 918. The number of hydrogen-bond acceptors (Lipinski definition) is 5. The molecule has 3 rings (SSSR count). The maximum atomic E-state index is 11.8. The second kappa shape index (κ2) is 5.21. The Balaban J connectivity index is 2.14. The van der Waals surface area contributed by atoms with Crippen molar-refractivity contribution in [1.29, 1.82) is 0 Å². The van der Waals surface area contributed by atoms with Crippen LogP contribution >= 0.6 is 0 Å². The molecule has 0 fully saturated rings. The van der Waals surface area contributed by atoms with Crippen LogP contribution in [0.3, 0.4) is 0 Å². The van der Waals surface area contributed by atoms with Gasteiger partial charge in [0.05, 0.1) is 11.6 Å². The number of ether oxygens (including phenoxy) is 1. The number of rotatable bonds is 3. The number of nitrogens with zero attached hydrogens (tertiary/aromatic N) is 1. The van der Waals surface area contributed by atoms with Crippen molar-refractivity contribution in [1.82, 2.24) is 9.97 Å². The molecule has 1 aromatic carbocycles. The topological polar surface area (TPSA) is 113 Å². The lowest BCUT2D eigenvalue weighted by atomic mass is 10.1. The molecule has 0 amide bonds. The summed E-state index contributed by atoms with van der Waals surface area (Å²) in [6, 6.07) is 7.79. The Morgan fingerprint density at radius 1 is 1.18 bits per heavy atom. The molecular weight excluding hydrogens is 288 g/mol. The molecule has 0 spiro atoms. The van der Waals surface area contributed by atoms with Gasteiger partial charge in [-0.2, -0.15) is 0 Å². The summed E-state index contributed by atoms with van der Waals surface area (Å²) in [4.78, 5) is 28.9. The lowest BCUT2D eigenvalue weighted by Crippen LogP contribution is -2.13. The van der Waals surface area contributed by atoms with Crippen molar-refractivity contribution in [2.24, 2.45) is 0 Å². The van der Waals surface area contributed by atoms with Crippen LogP contribution in [0, 0.1) is 0 Å². The number of H-pyrrole nitrogens is 1. The lowest BCUT2D eigenvalue weighted by molar-refractivity contribution is 0.0687. The van der Waals surface area contributed by atoms with Crippen molar-refractivity contribution in [2.45, 2.75) is 0 Å². The van der Waals surface area contributed by atoms with Crippen LogP contribution in [0.1, 0.15) is 10.5 Å². The molecule has 2 heterocycles. The third-order valence-electron chi connectivity index (χ3n) is 3.05. The van der Waals surface area contributed by atoms with E-state index in [4.69, 9.17) is 9.84 Å². The van der Waals surface area contributed by atoms with Crippen LogP contribution in [0.15, 0.2) is 47.5 Å². The average molecular weight is 298 g/mol. The highest BCUT2D eigenvalue weighted by Gasteiger charge is 2.16. The number of benzene rings is 1. The van der Waals surface area contributed by atoms with Gasteiger partial charge in [-0.25, -0.2) is 4.79 Å². The third-order valence-corrected chi connectivity index (χ3v) is 3.05. The van der Waals surface area contributed by atoms with Crippen LogP contribution in [0.25, 0.3) is 10.8 Å². The van der Waals surface area contributed by atoms with E-state index in [2.05, 4.69) is 9.97 Å².